The van der Waals surface area contributed by atoms with Gasteiger partial charge in [-0.25, -0.2) is 4.68 Å². The van der Waals surface area contributed by atoms with Crippen molar-refractivity contribution < 1.29 is 9.53 Å². The van der Waals surface area contributed by atoms with E-state index in [9.17, 15) is 4.79 Å². The van der Waals surface area contributed by atoms with E-state index in [1.165, 1.54) is 5.56 Å². The molecule has 2 fully saturated rings. The second-order valence-electron chi connectivity index (χ2n) is 7.63. The molecule has 2 saturated heterocycles. The lowest BCUT2D eigenvalue weighted by Crippen LogP contribution is -2.43. The maximum absolute atomic E-state index is 12.7. The van der Waals surface area contributed by atoms with E-state index in [4.69, 9.17) is 4.74 Å². The molecule has 0 spiro atoms. The molecule has 0 radical (unpaired) electrons. The number of aromatic nitrogens is 3. The summed E-state index contributed by atoms with van der Waals surface area (Å²) in [7, 11) is 0. The average Bonchev–Trinajstić information content (AvgIpc) is 3.41. The van der Waals surface area contributed by atoms with Gasteiger partial charge in [-0.1, -0.05) is 53.7 Å². The monoisotopic (exact) mass is 389 g/mol. The minimum Gasteiger partial charge on any atom is -0.371 e. The van der Waals surface area contributed by atoms with Crippen LogP contribution in [0.15, 0.2) is 66.9 Å². The Balaban J connectivity index is 1.20. The average molecular weight is 389 g/mol. The number of hydrogen-bond donors (Lipinski definition) is 1. The van der Waals surface area contributed by atoms with Gasteiger partial charge in [0.1, 0.15) is 0 Å². The van der Waals surface area contributed by atoms with Crippen LogP contribution in [0.5, 0.6) is 0 Å². The lowest BCUT2D eigenvalue weighted by molar-refractivity contribution is -0.0502. The normalized spacial score (nSPS) is 24.2. The third kappa shape index (κ3) is 3.79. The number of carbonyl (C=O) groups is 1. The van der Waals surface area contributed by atoms with Crippen LogP contribution in [-0.4, -0.2) is 57.6 Å². The van der Waals surface area contributed by atoms with Crippen LogP contribution >= 0.6 is 0 Å². The third-order valence-electron chi connectivity index (χ3n) is 5.67. The maximum Gasteiger partial charge on any atom is 0.273 e. The Kier molecular flexibility index (Phi) is 4.83. The van der Waals surface area contributed by atoms with Crippen molar-refractivity contribution in [1.29, 1.82) is 0 Å². The van der Waals surface area contributed by atoms with Crippen molar-refractivity contribution in [3.63, 3.8) is 0 Å². The lowest BCUT2D eigenvalue weighted by atomic mass is 10.1. The molecule has 3 heterocycles. The largest absolute Gasteiger partial charge is 0.371 e. The molecule has 1 aromatic heterocycles. The third-order valence-corrected chi connectivity index (χ3v) is 5.67. The van der Waals surface area contributed by atoms with E-state index in [2.05, 4.69) is 32.7 Å². The molecule has 0 bridgehead atoms. The Morgan fingerprint density at radius 3 is 2.59 bits per heavy atom. The minimum absolute atomic E-state index is 0.0903. The van der Waals surface area contributed by atoms with Crippen molar-refractivity contribution >= 4 is 5.91 Å². The Morgan fingerprint density at radius 2 is 1.79 bits per heavy atom. The van der Waals surface area contributed by atoms with Crippen molar-refractivity contribution in [2.75, 3.05) is 19.7 Å². The smallest absolute Gasteiger partial charge is 0.273 e. The summed E-state index contributed by atoms with van der Waals surface area (Å²) in [6, 6.07) is 20.4. The maximum atomic E-state index is 12.7. The summed E-state index contributed by atoms with van der Waals surface area (Å²) in [5, 5.41) is 11.2. The molecule has 1 N–H and O–H groups in total. The molecule has 0 saturated carbocycles. The highest BCUT2D eigenvalue weighted by Crippen LogP contribution is 2.30. The fraction of sp³-hybridized carbons (Fsp3) is 0.318. The zero-order valence-corrected chi connectivity index (χ0v) is 16.0. The standard InChI is InChI=1S/C22H23N5O2/c28-22(20-13-27(25-24-20)18-9-5-2-6-10-18)23-17-11-19-15-29-21(14-26(19)12-17)16-7-3-1-4-8-16/h1-10,13,17,19,21H,11-12,14-15H2,(H,23,28)/t17-,19+,21-/m1/s1. The van der Waals surface area contributed by atoms with Gasteiger partial charge < -0.3 is 10.1 Å². The number of nitrogens with one attached hydrogen (secondary N) is 1. The summed E-state index contributed by atoms with van der Waals surface area (Å²) >= 11 is 0. The topological polar surface area (TPSA) is 72.3 Å². The molecule has 2 aromatic carbocycles. The van der Waals surface area contributed by atoms with Gasteiger partial charge in [0.25, 0.3) is 5.91 Å². The van der Waals surface area contributed by atoms with Crippen LogP contribution in [-0.2, 0) is 4.74 Å². The highest BCUT2D eigenvalue weighted by Gasteiger charge is 2.38. The number of nitrogens with zero attached hydrogens (tertiary/aromatic N) is 4. The van der Waals surface area contributed by atoms with Crippen LogP contribution in [0.4, 0.5) is 0 Å². The molecular weight excluding hydrogens is 366 g/mol. The van der Waals surface area contributed by atoms with E-state index >= 15 is 0 Å². The van der Waals surface area contributed by atoms with Gasteiger partial charge in [-0.05, 0) is 24.1 Å². The number of ether oxygens (including phenoxy) is 1. The lowest BCUT2D eigenvalue weighted by Gasteiger charge is -2.35. The molecule has 2 aliphatic rings. The molecule has 7 nitrogen and oxygen atoms in total. The number of benzene rings is 2. The van der Waals surface area contributed by atoms with Gasteiger partial charge in [-0.3, -0.25) is 9.69 Å². The first kappa shape index (κ1) is 18.0. The molecule has 148 valence electrons. The Labute approximate surface area is 169 Å². The zero-order valence-electron chi connectivity index (χ0n) is 16.0. The van der Waals surface area contributed by atoms with Crippen LogP contribution in [0.2, 0.25) is 0 Å². The van der Waals surface area contributed by atoms with Crippen molar-refractivity contribution in [1.82, 2.24) is 25.2 Å². The SMILES string of the molecule is O=C(N[C@@H]1C[C@H]2CO[C@@H](c3ccccc3)CN2C1)c1cn(-c2ccccc2)nn1. The number of morpholine rings is 1. The second kappa shape index (κ2) is 7.77. The van der Waals surface area contributed by atoms with Crippen LogP contribution < -0.4 is 5.32 Å². The predicted octanol–water partition coefficient (Wildman–Crippen LogP) is 2.21. The van der Waals surface area contributed by atoms with Crippen LogP contribution in [0.1, 0.15) is 28.6 Å². The van der Waals surface area contributed by atoms with E-state index in [1.54, 1.807) is 10.9 Å². The number of fused-ring (bicyclic) bond motifs is 1. The summed E-state index contributed by atoms with van der Waals surface area (Å²) < 4.78 is 7.70. The van der Waals surface area contributed by atoms with E-state index < -0.39 is 0 Å². The van der Waals surface area contributed by atoms with Gasteiger partial charge in [0, 0.05) is 25.2 Å². The molecule has 2 aliphatic heterocycles. The van der Waals surface area contributed by atoms with Gasteiger partial charge >= 0.3 is 0 Å². The summed E-state index contributed by atoms with van der Waals surface area (Å²) in [6.45, 7) is 2.37. The Hall–Kier alpha value is -3.03. The van der Waals surface area contributed by atoms with Gasteiger partial charge in [-0.15, -0.1) is 5.10 Å². The second-order valence-corrected chi connectivity index (χ2v) is 7.63. The van der Waals surface area contributed by atoms with E-state index in [1.807, 2.05) is 48.5 Å². The molecule has 5 rings (SSSR count). The fourth-order valence-electron chi connectivity index (χ4n) is 4.18. The highest BCUT2D eigenvalue weighted by atomic mass is 16.5. The summed E-state index contributed by atoms with van der Waals surface area (Å²) in [5.74, 6) is -0.183. The fourth-order valence-corrected chi connectivity index (χ4v) is 4.18. The van der Waals surface area contributed by atoms with Crippen LogP contribution in [0.25, 0.3) is 5.69 Å². The molecule has 3 aromatic rings. The molecule has 0 unspecified atom stereocenters. The first-order chi connectivity index (χ1) is 14.3. The van der Waals surface area contributed by atoms with Crippen molar-refractivity contribution in [2.24, 2.45) is 0 Å². The first-order valence-corrected chi connectivity index (χ1v) is 9.95. The Bertz CT molecular complexity index is 975. The number of amides is 1. The number of para-hydroxylation sites is 1. The van der Waals surface area contributed by atoms with Gasteiger partial charge in [0.2, 0.25) is 0 Å². The van der Waals surface area contributed by atoms with E-state index in [0.29, 0.717) is 18.3 Å². The molecule has 1 amide bonds. The van der Waals surface area contributed by atoms with Crippen LogP contribution in [0, 0.1) is 0 Å². The predicted molar refractivity (Wildman–Crippen MR) is 108 cm³/mol. The minimum atomic E-state index is -0.183. The first-order valence-electron chi connectivity index (χ1n) is 9.95. The molecule has 29 heavy (non-hydrogen) atoms. The van der Waals surface area contributed by atoms with Gasteiger partial charge in [0.15, 0.2) is 5.69 Å². The Morgan fingerprint density at radius 1 is 1.03 bits per heavy atom. The van der Waals surface area contributed by atoms with E-state index in [0.717, 1.165) is 25.2 Å². The molecule has 0 aliphatic carbocycles. The van der Waals surface area contributed by atoms with Gasteiger partial charge in [-0.2, -0.15) is 0 Å². The van der Waals surface area contributed by atoms with Crippen LogP contribution in [0.3, 0.4) is 0 Å². The van der Waals surface area contributed by atoms with Crippen molar-refractivity contribution in [2.45, 2.75) is 24.6 Å². The molecule has 3 atom stereocenters. The van der Waals surface area contributed by atoms with Gasteiger partial charge in [0.05, 0.1) is 24.6 Å². The van der Waals surface area contributed by atoms with Crippen molar-refractivity contribution in [3.8, 4) is 5.69 Å². The zero-order chi connectivity index (χ0) is 19.6. The molecule has 7 heteroatoms. The van der Waals surface area contributed by atoms with Crippen molar-refractivity contribution in [3.05, 3.63) is 78.1 Å². The number of hydrogen-bond acceptors (Lipinski definition) is 5. The van der Waals surface area contributed by atoms with E-state index in [-0.39, 0.29) is 18.1 Å². The summed E-state index contributed by atoms with van der Waals surface area (Å²) in [4.78, 5) is 15.1. The number of rotatable bonds is 4. The number of carbonyl (C=O) groups excluding carboxylic acids is 1. The molecular formula is C22H23N5O2. The summed E-state index contributed by atoms with van der Waals surface area (Å²) in [5.41, 5.74) is 2.41. The summed E-state index contributed by atoms with van der Waals surface area (Å²) in [6.07, 6.45) is 2.65. The highest BCUT2D eigenvalue weighted by molar-refractivity contribution is 5.92. The quantitative estimate of drug-likeness (QED) is 0.741.